The highest BCUT2D eigenvalue weighted by Crippen LogP contribution is 2.40. The van der Waals surface area contributed by atoms with Crippen LogP contribution in [-0.4, -0.2) is 32.7 Å². The second kappa shape index (κ2) is 8.55. The van der Waals surface area contributed by atoms with E-state index in [-0.39, 0.29) is 18.0 Å². The third-order valence-electron chi connectivity index (χ3n) is 5.90. The predicted molar refractivity (Wildman–Crippen MR) is 116 cm³/mol. The Hall–Kier alpha value is -3.52. The van der Waals surface area contributed by atoms with Crippen molar-refractivity contribution in [1.82, 2.24) is 10.0 Å². The van der Waals surface area contributed by atoms with Crippen LogP contribution in [0.4, 0.5) is 5.69 Å². The highest BCUT2D eigenvalue weighted by Gasteiger charge is 2.53. The molecule has 1 aliphatic heterocycles. The number of hydrogen-bond donors (Lipinski definition) is 0. The number of hydrazine groups is 1. The number of nitrogens with zero attached hydrogens (tertiary/aromatic N) is 3. The number of allylic oxidation sites excluding steroid dienone is 2. The number of nitro groups is 1. The molecular weight excluding hydrogens is 434 g/mol. The number of para-hydroxylation sites is 1. The van der Waals surface area contributed by atoms with Gasteiger partial charge in [0.2, 0.25) is 0 Å². The van der Waals surface area contributed by atoms with Crippen molar-refractivity contribution in [3.05, 3.63) is 86.9 Å². The number of carbonyl (C=O) groups is 3. The average molecular weight is 454 g/mol. The molecule has 32 heavy (non-hydrogen) atoms. The second-order valence-corrected chi connectivity index (χ2v) is 8.34. The van der Waals surface area contributed by atoms with Crippen LogP contribution in [0.15, 0.2) is 60.7 Å². The van der Waals surface area contributed by atoms with Crippen LogP contribution >= 0.6 is 11.6 Å². The molecule has 1 saturated heterocycles. The maximum Gasteiger partial charge on any atom is 0.282 e. The number of hydrogen-bond acceptors (Lipinski definition) is 5. The summed E-state index contributed by atoms with van der Waals surface area (Å²) in [6.07, 6.45) is 4.17. The lowest BCUT2D eigenvalue weighted by Gasteiger charge is -2.30. The van der Waals surface area contributed by atoms with E-state index in [0.29, 0.717) is 17.0 Å². The number of benzene rings is 2. The molecule has 1 aliphatic carbocycles. The zero-order chi connectivity index (χ0) is 23.0. The van der Waals surface area contributed by atoms with Gasteiger partial charge in [0, 0.05) is 11.1 Å². The van der Waals surface area contributed by atoms with Crippen molar-refractivity contribution in [2.24, 2.45) is 17.8 Å². The molecule has 1 fully saturated rings. The van der Waals surface area contributed by atoms with Gasteiger partial charge in [0.25, 0.3) is 23.4 Å². The van der Waals surface area contributed by atoms with Crippen molar-refractivity contribution < 1.29 is 19.3 Å². The lowest BCUT2D eigenvalue weighted by molar-refractivity contribution is -0.385. The van der Waals surface area contributed by atoms with Gasteiger partial charge in [0.05, 0.1) is 23.3 Å². The second-order valence-electron chi connectivity index (χ2n) is 7.91. The molecule has 3 amide bonds. The van der Waals surface area contributed by atoms with Crippen molar-refractivity contribution in [2.75, 3.05) is 0 Å². The van der Waals surface area contributed by atoms with Crippen molar-refractivity contribution >= 4 is 35.0 Å². The standard InChI is InChI=1S/C23H20ClN3O5/c1-14-5-4-7-18-20(14)23(30)26(22(18)29)25(13-15-9-11-16(24)12-10-15)21(28)17-6-2-3-8-19(17)27(31)32/h2-6,8-12,14,18,20H,7,13H2,1H3/t14-,18+,20+/m1/s1. The lowest BCUT2D eigenvalue weighted by Crippen LogP contribution is -2.50. The molecule has 0 aromatic heterocycles. The van der Waals surface area contributed by atoms with Gasteiger partial charge in [-0.1, -0.05) is 54.9 Å². The summed E-state index contributed by atoms with van der Waals surface area (Å²) in [4.78, 5) is 51.0. The zero-order valence-corrected chi connectivity index (χ0v) is 17.9. The van der Waals surface area contributed by atoms with E-state index in [4.69, 9.17) is 11.6 Å². The van der Waals surface area contributed by atoms with Crippen LogP contribution in [0.25, 0.3) is 0 Å². The fraction of sp³-hybridized carbons (Fsp3) is 0.261. The summed E-state index contributed by atoms with van der Waals surface area (Å²) in [6, 6.07) is 12.1. The first-order valence-electron chi connectivity index (χ1n) is 10.1. The van der Waals surface area contributed by atoms with Gasteiger partial charge in [-0.2, -0.15) is 5.01 Å². The minimum Gasteiger partial charge on any atom is -0.272 e. The van der Waals surface area contributed by atoms with Gasteiger partial charge in [0.1, 0.15) is 5.56 Å². The molecule has 1 heterocycles. The summed E-state index contributed by atoms with van der Waals surface area (Å²) in [7, 11) is 0. The molecule has 8 nitrogen and oxygen atoms in total. The summed E-state index contributed by atoms with van der Waals surface area (Å²) in [5.74, 6) is -3.04. The minimum absolute atomic E-state index is 0.124. The minimum atomic E-state index is -0.798. The Labute approximate surface area is 189 Å². The molecular formula is C23H20ClN3O5. The summed E-state index contributed by atoms with van der Waals surface area (Å²) in [6.45, 7) is 1.73. The van der Waals surface area contributed by atoms with Crippen molar-refractivity contribution in [3.63, 3.8) is 0 Å². The van der Waals surface area contributed by atoms with Crippen LogP contribution in [0, 0.1) is 27.9 Å². The van der Waals surface area contributed by atoms with Crippen LogP contribution in [0.5, 0.6) is 0 Å². The van der Waals surface area contributed by atoms with E-state index in [1.807, 2.05) is 19.1 Å². The monoisotopic (exact) mass is 453 g/mol. The van der Waals surface area contributed by atoms with Crippen LogP contribution in [0.2, 0.25) is 5.02 Å². The first-order valence-corrected chi connectivity index (χ1v) is 10.5. The van der Waals surface area contributed by atoms with Crippen molar-refractivity contribution in [3.8, 4) is 0 Å². The number of rotatable bonds is 5. The molecule has 4 rings (SSSR count). The maximum atomic E-state index is 13.5. The van der Waals surface area contributed by atoms with Gasteiger partial charge in [-0.05, 0) is 36.1 Å². The van der Waals surface area contributed by atoms with Gasteiger partial charge < -0.3 is 0 Å². The average Bonchev–Trinajstić information content (AvgIpc) is 3.04. The smallest absolute Gasteiger partial charge is 0.272 e. The summed E-state index contributed by atoms with van der Waals surface area (Å²) in [5, 5.41) is 13.9. The van der Waals surface area contributed by atoms with E-state index >= 15 is 0 Å². The van der Waals surface area contributed by atoms with Crippen LogP contribution in [0.1, 0.15) is 29.3 Å². The normalized spacial score (nSPS) is 22.1. The Kier molecular flexibility index (Phi) is 5.80. The molecule has 2 aliphatic rings. The van der Waals surface area contributed by atoms with Gasteiger partial charge in [-0.25, -0.2) is 5.01 Å². The Morgan fingerprint density at radius 3 is 2.50 bits per heavy atom. The number of halogens is 1. The van der Waals surface area contributed by atoms with Crippen LogP contribution < -0.4 is 0 Å². The zero-order valence-electron chi connectivity index (χ0n) is 17.2. The number of nitro benzene ring substituents is 1. The van der Waals surface area contributed by atoms with E-state index < -0.39 is 40.2 Å². The van der Waals surface area contributed by atoms with Gasteiger partial charge >= 0.3 is 0 Å². The Morgan fingerprint density at radius 1 is 1.16 bits per heavy atom. The third kappa shape index (κ3) is 3.78. The van der Waals surface area contributed by atoms with Crippen LogP contribution in [0.3, 0.4) is 0 Å². The van der Waals surface area contributed by atoms with E-state index in [9.17, 15) is 24.5 Å². The molecule has 0 radical (unpaired) electrons. The molecule has 164 valence electrons. The molecule has 2 aromatic carbocycles. The quantitative estimate of drug-likeness (QED) is 0.295. The maximum absolute atomic E-state index is 13.5. The molecule has 0 saturated carbocycles. The third-order valence-corrected chi connectivity index (χ3v) is 6.15. The molecule has 0 bridgehead atoms. The fourth-order valence-corrected chi connectivity index (χ4v) is 4.44. The summed E-state index contributed by atoms with van der Waals surface area (Å²) in [5.41, 5.74) is 0.0150. The molecule has 9 heteroatoms. The number of imide groups is 1. The fourth-order valence-electron chi connectivity index (χ4n) is 4.32. The van der Waals surface area contributed by atoms with E-state index in [1.54, 1.807) is 24.3 Å². The van der Waals surface area contributed by atoms with E-state index in [1.165, 1.54) is 24.3 Å². The van der Waals surface area contributed by atoms with E-state index in [2.05, 4.69) is 0 Å². The lowest BCUT2D eigenvalue weighted by atomic mass is 9.78. The number of amides is 3. The van der Waals surface area contributed by atoms with Gasteiger partial charge in [-0.3, -0.25) is 24.5 Å². The highest BCUT2D eigenvalue weighted by atomic mass is 35.5. The molecule has 0 N–H and O–H groups in total. The highest BCUT2D eigenvalue weighted by molar-refractivity contribution is 6.30. The molecule has 0 spiro atoms. The van der Waals surface area contributed by atoms with Crippen molar-refractivity contribution in [2.45, 2.75) is 19.9 Å². The SMILES string of the molecule is C[C@@H]1C=CC[C@@H]2C(=O)N(N(Cc3ccc(Cl)cc3)C(=O)c3ccccc3[N+](=O)[O-])C(=O)[C@@H]12. The Morgan fingerprint density at radius 2 is 1.84 bits per heavy atom. The predicted octanol–water partition coefficient (Wildman–Crippen LogP) is 4.00. The van der Waals surface area contributed by atoms with E-state index in [0.717, 1.165) is 10.0 Å². The Bertz CT molecular complexity index is 1130. The topological polar surface area (TPSA) is 101 Å². The Balaban J connectivity index is 1.77. The van der Waals surface area contributed by atoms with Crippen molar-refractivity contribution in [1.29, 1.82) is 0 Å². The largest absolute Gasteiger partial charge is 0.282 e. The summed E-state index contributed by atoms with van der Waals surface area (Å²) >= 11 is 5.95. The molecule has 3 atom stereocenters. The van der Waals surface area contributed by atoms with Crippen LogP contribution in [-0.2, 0) is 16.1 Å². The van der Waals surface area contributed by atoms with Gasteiger partial charge in [0.15, 0.2) is 0 Å². The first-order chi connectivity index (χ1) is 15.3. The molecule has 0 unspecified atom stereocenters. The van der Waals surface area contributed by atoms with Gasteiger partial charge in [-0.15, -0.1) is 0 Å². The first kappa shape index (κ1) is 21.7. The number of fused-ring (bicyclic) bond motifs is 1. The molecule has 2 aromatic rings. The number of carbonyl (C=O) groups excluding carboxylic acids is 3. The summed E-state index contributed by atoms with van der Waals surface area (Å²) < 4.78 is 0.